The first-order chi connectivity index (χ1) is 9.63. The standard InChI is InChI=1S/C16H25NO3/c1-13-5-4-6-15(9-13)20-11-14(19)10-17-16(12-18)7-2-3-8-16/h4-6,9,14,17-19H,2-3,7-8,10-12H2,1H3. The fourth-order valence-electron chi connectivity index (χ4n) is 2.73. The highest BCUT2D eigenvalue weighted by Gasteiger charge is 2.32. The molecule has 1 atom stereocenters. The predicted octanol–water partition coefficient (Wildman–Crippen LogP) is 1.63. The minimum atomic E-state index is -0.570. The van der Waals surface area contributed by atoms with Crippen LogP contribution in [0.4, 0.5) is 0 Å². The van der Waals surface area contributed by atoms with E-state index < -0.39 is 6.10 Å². The van der Waals surface area contributed by atoms with Gasteiger partial charge < -0.3 is 20.3 Å². The Labute approximate surface area is 120 Å². The van der Waals surface area contributed by atoms with Crippen LogP contribution >= 0.6 is 0 Å². The lowest BCUT2D eigenvalue weighted by Gasteiger charge is -2.29. The van der Waals surface area contributed by atoms with Crippen LogP contribution in [0.1, 0.15) is 31.2 Å². The third-order valence-corrected chi connectivity index (χ3v) is 4.01. The van der Waals surface area contributed by atoms with E-state index in [-0.39, 0.29) is 18.8 Å². The van der Waals surface area contributed by atoms with Gasteiger partial charge in [0.05, 0.1) is 6.61 Å². The van der Waals surface area contributed by atoms with E-state index in [1.54, 1.807) is 0 Å². The van der Waals surface area contributed by atoms with Crippen LogP contribution in [0.3, 0.4) is 0 Å². The Balaban J connectivity index is 1.74. The summed E-state index contributed by atoms with van der Waals surface area (Å²) < 4.78 is 5.58. The minimum absolute atomic E-state index is 0.137. The summed E-state index contributed by atoms with van der Waals surface area (Å²) in [6.07, 6.45) is 3.68. The van der Waals surface area contributed by atoms with Crippen molar-refractivity contribution in [2.24, 2.45) is 0 Å². The van der Waals surface area contributed by atoms with E-state index in [0.717, 1.165) is 37.0 Å². The second kappa shape index (κ2) is 7.07. The van der Waals surface area contributed by atoms with Gasteiger partial charge in [-0.1, -0.05) is 25.0 Å². The number of nitrogens with one attached hydrogen (secondary N) is 1. The van der Waals surface area contributed by atoms with Crippen LogP contribution in [-0.4, -0.2) is 41.6 Å². The van der Waals surface area contributed by atoms with Gasteiger partial charge in [-0.05, 0) is 37.5 Å². The molecule has 0 saturated heterocycles. The lowest BCUT2D eigenvalue weighted by atomic mass is 9.99. The first kappa shape index (κ1) is 15.3. The summed E-state index contributed by atoms with van der Waals surface area (Å²) in [7, 11) is 0. The molecule has 1 unspecified atom stereocenters. The van der Waals surface area contributed by atoms with Crippen molar-refractivity contribution in [3.63, 3.8) is 0 Å². The number of rotatable bonds is 7. The molecule has 0 amide bonds. The number of aryl methyl sites for hydroxylation is 1. The molecule has 0 spiro atoms. The molecule has 20 heavy (non-hydrogen) atoms. The molecular formula is C16H25NO3. The van der Waals surface area contributed by atoms with Crippen molar-refractivity contribution in [2.75, 3.05) is 19.8 Å². The summed E-state index contributed by atoms with van der Waals surface area (Å²) in [5.41, 5.74) is 0.949. The van der Waals surface area contributed by atoms with Crippen molar-refractivity contribution in [3.05, 3.63) is 29.8 Å². The quantitative estimate of drug-likeness (QED) is 0.710. The zero-order chi connectivity index (χ0) is 14.4. The largest absolute Gasteiger partial charge is 0.491 e. The summed E-state index contributed by atoms with van der Waals surface area (Å²) in [6, 6.07) is 7.79. The van der Waals surface area contributed by atoms with Crippen LogP contribution in [0, 0.1) is 6.92 Å². The molecule has 1 aliphatic rings. The Morgan fingerprint density at radius 2 is 2.10 bits per heavy atom. The van der Waals surface area contributed by atoms with E-state index >= 15 is 0 Å². The van der Waals surface area contributed by atoms with Gasteiger partial charge in [-0.25, -0.2) is 0 Å². The van der Waals surface area contributed by atoms with Crippen molar-refractivity contribution >= 4 is 0 Å². The summed E-state index contributed by atoms with van der Waals surface area (Å²) in [5.74, 6) is 0.779. The Bertz CT molecular complexity index is 416. The monoisotopic (exact) mass is 279 g/mol. The van der Waals surface area contributed by atoms with Gasteiger partial charge in [-0.2, -0.15) is 0 Å². The van der Waals surface area contributed by atoms with Crippen LogP contribution in [0.15, 0.2) is 24.3 Å². The van der Waals surface area contributed by atoms with Crippen molar-refractivity contribution in [3.8, 4) is 5.75 Å². The number of ether oxygens (including phenoxy) is 1. The molecule has 4 nitrogen and oxygen atoms in total. The van der Waals surface area contributed by atoms with E-state index in [0.29, 0.717) is 6.54 Å². The molecule has 1 fully saturated rings. The highest BCUT2D eigenvalue weighted by atomic mass is 16.5. The van der Waals surface area contributed by atoms with Crippen LogP contribution in [0.5, 0.6) is 5.75 Å². The van der Waals surface area contributed by atoms with Gasteiger partial charge in [0.25, 0.3) is 0 Å². The molecule has 0 aliphatic heterocycles. The van der Waals surface area contributed by atoms with Gasteiger partial charge in [0.2, 0.25) is 0 Å². The van der Waals surface area contributed by atoms with Crippen LogP contribution < -0.4 is 10.1 Å². The fourth-order valence-corrected chi connectivity index (χ4v) is 2.73. The second-order valence-corrected chi connectivity index (χ2v) is 5.81. The van der Waals surface area contributed by atoms with E-state index in [1.807, 2.05) is 31.2 Å². The van der Waals surface area contributed by atoms with E-state index in [1.165, 1.54) is 0 Å². The Hall–Kier alpha value is -1.10. The maximum Gasteiger partial charge on any atom is 0.119 e. The van der Waals surface area contributed by atoms with Crippen LogP contribution in [0.25, 0.3) is 0 Å². The molecule has 1 saturated carbocycles. The number of β-amino-alcohol motifs (C(OH)–C–C–N with tert-alkyl or cyclic N) is 1. The third kappa shape index (κ3) is 4.20. The molecule has 4 heteroatoms. The molecular weight excluding hydrogens is 254 g/mol. The van der Waals surface area contributed by atoms with E-state index in [2.05, 4.69) is 5.32 Å². The summed E-state index contributed by atoms with van der Waals surface area (Å²) >= 11 is 0. The van der Waals surface area contributed by atoms with Crippen LogP contribution in [0.2, 0.25) is 0 Å². The van der Waals surface area contributed by atoms with Crippen molar-refractivity contribution in [1.82, 2.24) is 5.32 Å². The average Bonchev–Trinajstić information content (AvgIpc) is 2.92. The summed E-state index contributed by atoms with van der Waals surface area (Å²) in [6.45, 7) is 2.86. The molecule has 0 radical (unpaired) electrons. The molecule has 0 bridgehead atoms. The highest BCUT2D eigenvalue weighted by molar-refractivity contribution is 5.27. The average molecular weight is 279 g/mol. The van der Waals surface area contributed by atoms with Crippen molar-refractivity contribution in [2.45, 2.75) is 44.2 Å². The number of aliphatic hydroxyl groups excluding tert-OH is 2. The highest BCUT2D eigenvalue weighted by Crippen LogP contribution is 2.28. The summed E-state index contributed by atoms with van der Waals surface area (Å²) in [5, 5.41) is 22.8. The number of benzene rings is 1. The Morgan fingerprint density at radius 3 is 2.75 bits per heavy atom. The normalized spacial score (nSPS) is 18.9. The van der Waals surface area contributed by atoms with Gasteiger partial charge in [-0.3, -0.25) is 0 Å². The first-order valence-corrected chi connectivity index (χ1v) is 7.37. The van der Waals surface area contributed by atoms with Crippen molar-refractivity contribution < 1.29 is 14.9 Å². The second-order valence-electron chi connectivity index (χ2n) is 5.81. The minimum Gasteiger partial charge on any atom is -0.491 e. The molecule has 1 aromatic rings. The third-order valence-electron chi connectivity index (χ3n) is 4.01. The van der Waals surface area contributed by atoms with Gasteiger partial charge in [-0.15, -0.1) is 0 Å². The van der Waals surface area contributed by atoms with E-state index in [9.17, 15) is 10.2 Å². The number of hydrogen-bond acceptors (Lipinski definition) is 4. The zero-order valence-corrected chi connectivity index (χ0v) is 12.1. The molecule has 3 N–H and O–H groups in total. The van der Waals surface area contributed by atoms with E-state index in [4.69, 9.17) is 4.74 Å². The molecule has 1 aromatic carbocycles. The Kier molecular flexibility index (Phi) is 5.40. The maximum atomic E-state index is 9.98. The Morgan fingerprint density at radius 1 is 1.35 bits per heavy atom. The first-order valence-electron chi connectivity index (χ1n) is 7.37. The molecule has 2 rings (SSSR count). The molecule has 0 heterocycles. The van der Waals surface area contributed by atoms with Gasteiger partial charge >= 0.3 is 0 Å². The van der Waals surface area contributed by atoms with Gasteiger partial charge in [0.1, 0.15) is 18.5 Å². The lowest BCUT2D eigenvalue weighted by molar-refractivity contribution is 0.0849. The topological polar surface area (TPSA) is 61.7 Å². The summed E-state index contributed by atoms with van der Waals surface area (Å²) in [4.78, 5) is 0. The number of aliphatic hydroxyl groups is 2. The lowest BCUT2D eigenvalue weighted by Crippen LogP contribution is -2.49. The van der Waals surface area contributed by atoms with Crippen molar-refractivity contribution in [1.29, 1.82) is 0 Å². The molecule has 0 aromatic heterocycles. The van der Waals surface area contributed by atoms with Crippen LogP contribution in [-0.2, 0) is 0 Å². The molecule has 112 valence electrons. The number of hydrogen-bond donors (Lipinski definition) is 3. The zero-order valence-electron chi connectivity index (χ0n) is 12.1. The predicted molar refractivity (Wildman–Crippen MR) is 79.0 cm³/mol. The SMILES string of the molecule is Cc1cccc(OCC(O)CNC2(CO)CCCC2)c1. The smallest absolute Gasteiger partial charge is 0.119 e. The van der Waals surface area contributed by atoms with Gasteiger partial charge in [0.15, 0.2) is 0 Å². The van der Waals surface area contributed by atoms with Gasteiger partial charge in [0, 0.05) is 12.1 Å². The maximum absolute atomic E-state index is 9.98. The molecule has 1 aliphatic carbocycles. The fraction of sp³-hybridized carbons (Fsp3) is 0.625.